The lowest BCUT2D eigenvalue weighted by molar-refractivity contribution is -0.126. The van der Waals surface area contributed by atoms with Crippen LogP contribution in [0.25, 0.3) is 0 Å². The predicted octanol–water partition coefficient (Wildman–Crippen LogP) is 2.50. The second kappa shape index (κ2) is 9.79. The fourth-order valence-electron chi connectivity index (χ4n) is 2.12. The van der Waals surface area contributed by atoms with Crippen LogP contribution in [0.3, 0.4) is 0 Å². The molecule has 7 heteroatoms. The molecule has 2 amide bonds. The maximum atomic E-state index is 12.2. The highest BCUT2D eigenvalue weighted by atomic mass is 35.5. The van der Waals surface area contributed by atoms with E-state index in [0.29, 0.717) is 23.7 Å². The Kier molecular flexibility index (Phi) is 7.44. The molecule has 0 bridgehead atoms. The molecular weight excluding hydrogens is 354 g/mol. The molecule has 2 aromatic carbocycles. The molecule has 6 nitrogen and oxygen atoms in total. The standard InChI is InChI=1S/C19H22ClN3O3/c1-14(18(24)21-22-19(25)15-6-4-3-5-7-15)23(2)12-13-26-17-10-8-16(20)9-11-17/h3-11,14H,12-13H2,1-2H3,(H,21,24)(H,22,25). The third-order valence-corrected chi connectivity index (χ3v) is 4.15. The van der Waals surface area contributed by atoms with Crippen LogP contribution < -0.4 is 15.6 Å². The number of rotatable bonds is 7. The van der Waals surface area contributed by atoms with Crippen LogP contribution in [0, 0.1) is 0 Å². The minimum atomic E-state index is -0.431. The van der Waals surface area contributed by atoms with Gasteiger partial charge in [-0.2, -0.15) is 0 Å². The van der Waals surface area contributed by atoms with Gasteiger partial charge in [0.05, 0.1) is 6.04 Å². The Hall–Kier alpha value is -2.57. The van der Waals surface area contributed by atoms with Crippen molar-refractivity contribution in [2.45, 2.75) is 13.0 Å². The summed E-state index contributed by atoms with van der Waals surface area (Å²) in [6.45, 7) is 2.72. The van der Waals surface area contributed by atoms with Crippen molar-refractivity contribution in [2.75, 3.05) is 20.2 Å². The molecule has 1 atom stereocenters. The van der Waals surface area contributed by atoms with E-state index in [1.165, 1.54) is 0 Å². The summed E-state index contributed by atoms with van der Waals surface area (Å²) >= 11 is 5.83. The van der Waals surface area contributed by atoms with E-state index >= 15 is 0 Å². The number of benzene rings is 2. The minimum absolute atomic E-state index is 0.303. The molecule has 2 aromatic rings. The van der Waals surface area contributed by atoms with Crippen molar-refractivity contribution in [3.63, 3.8) is 0 Å². The maximum absolute atomic E-state index is 12.2. The number of amides is 2. The highest BCUT2D eigenvalue weighted by molar-refractivity contribution is 6.30. The van der Waals surface area contributed by atoms with Crippen LogP contribution in [0.4, 0.5) is 0 Å². The number of carbonyl (C=O) groups excluding carboxylic acids is 2. The number of halogens is 1. The molecule has 0 radical (unpaired) electrons. The lowest BCUT2D eigenvalue weighted by Crippen LogP contribution is -2.50. The van der Waals surface area contributed by atoms with Crippen LogP contribution in [-0.2, 0) is 4.79 Å². The summed E-state index contributed by atoms with van der Waals surface area (Å²) < 4.78 is 5.62. The van der Waals surface area contributed by atoms with Crippen LogP contribution >= 0.6 is 11.6 Å². The van der Waals surface area contributed by atoms with Gasteiger partial charge in [-0.25, -0.2) is 0 Å². The van der Waals surface area contributed by atoms with E-state index in [1.54, 1.807) is 55.5 Å². The van der Waals surface area contributed by atoms with Crippen molar-refractivity contribution in [1.82, 2.24) is 15.8 Å². The van der Waals surface area contributed by atoms with Crippen molar-refractivity contribution in [2.24, 2.45) is 0 Å². The topological polar surface area (TPSA) is 70.7 Å². The van der Waals surface area contributed by atoms with Crippen LogP contribution in [0.5, 0.6) is 5.75 Å². The zero-order chi connectivity index (χ0) is 18.9. The number of hydrazine groups is 1. The SMILES string of the molecule is CC(C(=O)NNC(=O)c1ccccc1)N(C)CCOc1ccc(Cl)cc1. The van der Waals surface area contributed by atoms with E-state index in [1.807, 2.05) is 18.0 Å². The van der Waals surface area contributed by atoms with E-state index in [0.717, 1.165) is 5.75 Å². The molecule has 0 aliphatic rings. The second-order valence-electron chi connectivity index (χ2n) is 5.77. The lowest BCUT2D eigenvalue weighted by Gasteiger charge is -2.23. The monoisotopic (exact) mass is 375 g/mol. The first-order chi connectivity index (χ1) is 12.5. The average molecular weight is 376 g/mol. The van der Waals surface area contributed by atoms with E-state index < -0.39 is 6.04 Å². The molecule has 0 fully saturated rings. The summed E-state index contributed by atoms with van der Waals surface area (Å²) in [4.78, 5) is 25.9. The number of hydrogen-bond acceptors (Lipinski definition) is 4. The number of likely N-dealkylation sites (N-methyl/N-ethyl adjacent to an activating group) is 1. The molecule has 0 aliphatic heterocycles. The number of hydrogen-bond donors (Lipinski definition) is 2. The molecule has 138 valence electrons. The van der Waals surface area contributed by atoms with Gasteiger partial charge in [-0.15, -0.1) is 0 Å². The van der Waals surface area contributed by atoms with Gasteiger partial charge < -0.3 is 4.74 Å². The zero-order valence-electron chi connectivity index (χ0n) is 14.7. The number of ether oxygens (including phenoxy) is 1. The summed E-state index contributed by atoms with van der Waals surface area (Å²) in [7, 11) is 1.81. The average Bonchev–Trinajstić information content (AvgIpc) is 2.67. The molecule has 0 saturated carbocycles. The lowest BCUT2D eigenvalue weighted by atomic mass is 10.2. The van der Waals surface area contributed by atoms with Crippen LogP contribution in [0.15, 0.2) is 54.6 Å². The van der Waals surface area contributed by atoms with Gasteiger partial charge in [-0.3, -0.25) is 25.3 Å². The van der Waals surface area contributed by atoms with Crippen molar-refractivity contribution < 1.29 is 14.3 Å². The summed E-state index contributed by atoms with van der Waals surface area (Å²) in [6.07, 6.45) is 0. The fourth-order valence-corrected chi connectivity index (χ4v) is 2.24. The number of carbonyl (C=O) groups is 2. The molecule has 26 heavy (non-hydrogen) atoms. The van der Waals surface area contributed by atoms with Gasteiger partial charge in [-0.1, -0.05) is 29.8 Å². The third-order valence-electron chi connectivity index (χ3n) is 3.90. The Balaban J connectivity index is 1.72. The zero-order valence-corrected chi connectivity index (χ0v) is 15.5. The highest BCUT2D eigenvalue weighted by Gasteiger charge is 2.18. The summed E-state index contributed by atoms with van der Waals surface area (Å²) in [5.41, 5.74) is 5.33. The van der Waals surface area contributed by atoms with Gasteiger partial charge in [0.2, 0.25) is 0 Å². The number of nitrogens with one attached hydrogen (secondary N) is 2. The first-order valence-corrected chi connectivity index (χ1v) is 8.59. The summed E-state index contributed by atoms with van der Waals surface area (Å²) in [5, 5.41) is 0.650. The van der Waals surface area contributed by atoms with Crippen molar-refractivity contribution in [1.29, 1.82) is 0 Å². The Labute approximate surface area is 158 Å². The Morgan fingerprint density at radius 1 is 1.08 bits per heavy atom. The van der Waals surface area contributed by atoms with Gasteiger partial charge in [0.1, 0.15) is 12.4 Å². The van der Waals surface area contributed by atoms with Gasteiger partial charge in [0.25, 0.3) is 11.8 Å². The van der Waals surface area contributed by atoms with E-state index in [9.17, 15) is 9.59 Å². The minimum Gasteiger partial charge on any atom is -0.492 e. The van der Waals surface area contributed by atoms with Crippen molar-refractivity contribution in [3.8, 4) is 5.75 Å². The molecule has 0 spiro atoms. The molecule has 1 unspecified atom stereocenters. The molecule has 0 heterocycles. The number of nitrogens with zero attached hydrogens (tertiary/aromatic N) is 1. The van der Waals surface area contributed by atoms with Crippen molar-refractivity contribution in [3.05, 3.63) is 65.2 Å². The largest absolute Gasteiger partial charge is 0.492 e. The third kappa shape index (κ3) is 6.06. The molecule has 0 aromatic heterocycles. The normalized spacial score (nSPS) is 11.7. The van der Waals surface area contributed by atoms with Crippen LogP contribution in [0.1, 0.15) is 17.3 Å². The molecule has 2 N–H and O–H groups in total. The Morgan fingerprint density at radius 2 is 1.73 bits per heavy atom. The van der Waals surface area contributed by atoms with Crippen molar-refractivity contribution >= 4 is 23.4 Å². The second-order valence-corrected chi connectivity index (χ2v) is 6.20. The van der Waals surface area contributed by atoms with Gasteiger partial charge in [0.15, 0.2) is 0 Å². The van der Waals surface area contributed by atoms with E-state index in [-0.39, 0.29) is 11.8 Å². The first kappa shape index (κ1) is 19.8. The van der Waals surface area contributed by atoms with Crippen LogP contribution in [-0.4, -0.2) is 43.0 Å². The molecule has 0 saturated heterocycles. The fraction of sp³-hybridized carbons (Fsp3) is 0.263. The van der Waals surface area contributed by atoms with E-state index in [2.05, 4.69) is 10.9 Å². The maximum Gasteiger partial charge on any atom is 0.269 e. The smallest absolute Gasteiger partial charge is 0.269 e. The highest BCUT2D eigenvalue weighted by Crippen LogP contribution is 2.15. The summed E-state index contributed by atoms with van der Waals surface area (Å²) in [5.74, 6) is 0.0539. The molecular formula is C19H22ClN3O3. The van der Waals surface area contributed by atoms with E-state index in [4.69, 9.17) is 16.3 Å². The van der Waals surface area contributed by atoms with Gasteiger partial charge in [-0.05, 0) is 50.4 Å². The Morgan fingerprint density at radius 3 is 2.38 bits per heavy atom. The summed E-state index contributed by atoms with van der Waals surface area (Å²) in [6, 6.07) is 15.3. The Bertz CT molecular complexity index is 723. The van der Waals surface area contributed by atoms with Gasteiger partial charge >= 0.3 is 0 Å². The molecule has 2 rings (SSSR count). The van der Waals surface area contributed by atoms with Crippen LogP contribution in [0.2, 0.25) is 5.02 Å². The van der Waals surface area contributed by atoms with Gasteiger partial charge in [0, 0.05) is 17.1 Å². The predicted molar refractivity (Wildman–Crippen MR) is 101 cm³/mol. The quantitative estimate of drug-likeness (QED) is 0.729. The molecule has 0 aliphatic carbocycles. The first-order valence-electron chi connectivity index (χ1n) is 8.21.